The van der Waals surface area contributed by atoms with Gasteiger partial charge in [0.05, 0.1) is 6.42 Å². The lowest BCUT2D eigenvalue weighted by atomic mass is 10.1. The SMILES string of the molecule is CC[C@H](C)NC(=O)[C@H](CC)N(CCc1ccccc1)C(=O)Cc1ccccc1. The zero-order chi connectivity index (χ0) is 20.4. The molecule has 4 heteroatoms. The number of amides is 2. The van der Waals surface area contributed by atoms with Crippen LogP contribution in [0.5, 0.6) is 0 Å². The molecule has 0 heterocycles. The van der Waals surface area contributed by atoms with E-state index in [0.717, 1.165) is 24.0 Å². The van der Waals surface area contributed by atoms with E-state index in [4.69, 9.17) is 0 Å². The normalized spacial score (nSPS) is 12.8. The van der Waals surface area contributed by atoms with Gasteiger partial charge in [-0.15, -0.1) is 0 Å². The highest BCUT2D eigenvalue weighted by Gasteiger charge is 2.28. The largest absolute Gasteiger partial charge is 0.352 e. The van der Waals surface area contributed by atoms with E-state index in [0.29, 0.717) is 19.4 Å². The minimum absolute atomic E-state index is 0.00622. The number of hydrogen-bond acceptors (Lipinski definition) is 2. The van der Waals surface area contributed by atoms with Gasteiger partial charge in [-0.2, -0.15) is 0 Å². The third-order valence-corrected chi connectivity index (χ3v) is 5.07. The van der Waals surface area contributed by atoms with Crippen molar-refractivity contribution in [1.82, 2.24) is 10.2 Å². The highest BCUT2D eigenvalue weighted by molar-refractivity contribution is 5.88. The fourth-order valence-corrected chi connectivity index (χ4v) is 3.21. The summed E-state index contributed by atoms with van der Waals surface area (Å²) in [7, 11) is 0. The van der Waals surface area contributed by atoms with E-state index in [2.05, 4.69) is 17.4 Å². The summed E-state index contributed by atoms with van der Waals surface area (Å²) < 4.78 is 0. The van der Waals surface area contributed by atoms with Crippen LogP contribution in [0.1, 0.15) is 44.7 Å². The van der Waals surface area contributed by atoms with Gasteiger partial charge in [0.15, 0.2) is 0 Å². The van der Waals surface area contributed by atoms with Crippen molar-refractivity contribution in [2.75, 3.05) is 6.54 Å². The zero-order valence-corrected chi connectivity index (χ0v) is 17.2. The first-order valence-electron chi connectivity index (χ1n) is 10.2. The van der Waals surface area contributed by atoms with Gasteiger partial charge in [-0.25, -0.2) is 0 Å². The van der Waals surface area contributed by atoms with Gasteiger partial charge in [-0.1, -0.05) is 74.5 Å². The predicted octanol–water partition coefficient (Wildman–Crippen LogP) is 3.99. The Morgan fingerprint density at radius 1 is 0.893 bits per heavy atom. The van der Waals surface area contributed by atoms with Crippen LogP contribution in [-0.2, 0) is 22.4 Å². The van der Waals surface area contributed by atoms with E-state index >= 15 is 0 Å². The predicted molar refractivity (Wildman–Crippen MR) is 114 cm³/mol. The number of hydrogen-bond donors (Lipinski definition) is 1. The summed E-state index contributed by atoms with van der Waals surface area (Å²) in [6.45, 7) is 6.53. The van der Waals surface area contributed by atoms with Gasteiger partial charge in [0.1, 0.15) is 6.04 Å². The van der Waals surface area contributed by atoms with Crippen molar-refractivity contribution in [3.63, 3.8) is 0 Å². The molecule has 0 aliphatic carbocycles. The van der Waals surface area contributed by atoms with Crippen LogP contribution < -0.4 is 5.32 Å². The molecule has 0 saturated carbocycles. The number of rotatable bonds is 10. The summed E-state index contributed by atoms with van der Waals surface area (Å²) in [5, 5.41) is 3.05. The van der Waals surface area contributed by atoms with Crippen LogP contribution in [-0.4, -0.2) is 35.3 Å². The lowest BCUT2D eigenvalue weighted by Crippen LogP contribution is -2.52. The molecule has 0 fully saturated rings. The van der Waals surface area contributed by atoms with E-state index < -0.39 is 6.04 Å². The smallest absolute Gasteiger partial charge is 0.243 e. The average molecular weight is 381 g/mol. The summed E-state index contributed by atoms with van der Waals surface area (Å²) in [6, 6.07) is 19.5. The molecule has 2 aromatic rings. The molecule has 0 bridgehead atoms. The third-order valence-electron chi connectivity index (χ3n) is 5.07. The van der Waals surface area contributed by atoms with Crippen LogP contribution in [0, 0.1) is 0 Å². The second-order valence-electron chi connectivity index (χ2n) is 7.23. The highest BCUT2D eigenvalue weighted by Crippen LogP contribution is 2.12. The number of carbonyl (C=O) groups is 2. The molecular weight excluding hydrogens is 348 g/mol. The zero-order valence-electron chi connectivity index (χ0n) is 17.2. The van der Waals surface area contributed by atoms with Crippen LogP contribution in [0.3, 0.4) is 0 Å². The molecule has 2 atom stereocenters. The Kier molecular flexibility index (Phi) is 8.73. The summed E-state index contributed by atoms with van der Waals surface area (Å²) in [4.78, 5) is 27.7. The summed E-state index contributed by atoms with van der Waals surface area (Å²) in [5.41, 5.74) is 2.13. The van der Waals surface area contributed by atoms with Crippen LogP contribution >= 0.6 is 0 Å². The van der Waals surface area contributed by atoms with Crippen LogP contribution in [0.2, 0.25) is 0 Å². The quantitative estimate of drug-likeness (QED) is 0.677. The van der Waals surface area contributed by atoms with Gasteiger partial charge in [-0.05, 0) is 37.3 Å². The molecule has 2 amide bonds. The molecule has 1 N–H and O–H groups in total. The second-order valence-corrected chi connectivity index (χ2v) is 7.23. The molecule has 0 saturated heterocycles. The first-order chi connectivity index (χ1) is 13.5. The van der Waals surface area contributed by atoms with Gasteiger partial charge in [0.2, 0.25) is 11.8 Å². The van der Waals surface area contributed by atoms with Gasteiger partial charge in [-0.3, -0.25) is 9.59 Å². The maximum Gasteiger partial charge on any atom is 0.243 e. The maximum atomic E-state index is 13.1. The second kappa shape index (κ2) is 11.3. The van der Waals surface area contributed by atoms with Crippen molar-refractivity contribution < 1.29 is 9.59 Å². The number of nitrogens with one attached hydrogen (secondary N) is 1. The Morgan fingerprint density at radius 2 is 1.46 bits per heavy atom. The van der Waals surface area contributed by atoms with Crippen molar-refractivity contribution in [2.45, 2.75) is 58.5 Å². The van der Waals surface area contributed by atoms with E-state index in [1.165, 1.54) is 0 Å². The number of nitrogens with zero attached hydrogens (tertiary/aromatic N) is 1. The van der Waals surface area contributed by atoms with Gasteiger partial charge >= 0.3 is 0 Å². The minimum atomic E-state index is -0.450. The summed E-state index contributed by atoms with van der Waals surface area (Å²) >= 11 is 0. The lowest BCUT2D eigenvalue weighted by Gasteiger charge is -2.31. The molecule has 2 aromatic carbocycles. The molecule has 0 unspecified atom stereocenters. The molecule has 4 nitrogen and oxygen atoms in total. The Bertz CT molecular complexity index is 731. The Morgan fingerprint density at radius 3 is 2.00 bits per heavy atom. The van der Waals surface area contributed by atoms with Crippen LogP contribution in [0.15, 0.2) is 60.7 Å². The summed E-state index contributed by atoms with van der Waals surface area (Å²) in [5.74, 6) is -0.0698. The van der Waals surface area contributed by atoms with Crippen LogP contribution in [0.4, 0.5) is 0 Å². The molecule has 0 radical (unpaired) electrons. The average Bonchev–Trinajstić information content (AvgIpc) is 2.72. The van der Waals surface area contributed by atoms with E-state index in [1.807, 2.05) is 69.3 Å². The van der Waals surface area contributed by atoms with E-state index in [1.54, 1.807) is 4.90 Å². The molecule has 28 heavy (non-hydrogen) atoms. The van der Waals surface area contributed by atoms with Crippen molar-refractivity contribution in [3.8, 4) is 0 Å². The summed E-state index contributed by atoms with van der Waals surface area (Å²) in [6.07, 6.45) is 2.50. The van der Waals surface area contributed by atoms with E-state index in [9.17, 15) is 9.59 Å². The number of benzene rings is 2. The van der Waals surface area contributed by atoms with Crippen molar-refractivity contribution in [1.29, 1.82) is 0 Å². The molecular formula is C24H32N2O2. The Hall–Kier alpha value is -2.62. The molecule has 0 aromatic heterocycles. The third kappa shape index (κ3) is 6.52. The number of carbonyl (C=O) groups excluding carboxylic acids is 2. The monoisotopic (exact) mass is 380 g/mol. The molecule has 2 rings (SSSR count). The first kappa shape index (κ1) is 21.7. The molecule has 150 valence electrons. The van der Waals surface area contributed by atoms with E-state index in [-0.39, 0.29) is 17.9 Å². The van der Waals surface area contributed by atoms with Gasteiger partial charge in [0.25, 0.3) is 0 Å². The Balaban J connectivity index is 2.17. The fourth-order valence-electron chi connectivity index (χ4n) is 3.21. The standard InChI is InChI=1S/C24H32N2O2/c1-4-19(3)25-24(28)22(5-2)26(17-16-20-12-8-6-9-13-20)23(27)18-21-14-10-7-11-15-21/h6-15,19,22H,4-5,16-18H2,1-3H3,(H,25,28)/t19-,22-/m0/s1. The highest BCUT2D eigenvalue weighted by atomic mass is 16.2. The van der Waals surface area contributed by atoms with Crippen LogP contribution in [0.25, 0.3) is 0 Å². The minimum Gasteiger partial charge on any atom is -0.352 e. The van der Waals surface area contributed by atoms with Crippen molar-refractivity contribution >= 4 is 11.8 Å². The maximum absolute atomic E-state index is 13.1. The fraction of sp³-hybridized carbons (Fsp3) is 0.417. The van der Waals surface area contributed by atoms with Crippen molar-refractivity contribution in [2.24, 2.45) is 0 Å². The topological polar surface area (TPSA) is 49.4 Å². The molecule has 0 aliphatic heterocycles. The van der Waals surface area contributed by atoms with Gasteiger partial charge < -0.3 is 10.2 Å². The van der Waals surface area contributed by atoms with Gasteiger partial charge in [0, 0.05) is 12.6 Å². The van der Waals surface area contributed by atoms with Crippen molar-refractivity contribution in [3.05, 3.63) is 71.8 Å². The lowest BCUT2D eigenvalue weighted by molar-refractivity contribution is -0.140. The molecule has 0 spiro atoms. The molecule has 0 aliphatic rings. The Labute approximate surface area is 169 Å². The first-order valence-corrected chi connectivity index (χ1v) is 10.2.